The van der Waals surface area contributed by atoms with Crippen LogP contribution in [0.3, 0.4) is 0 Å². The van der Waals surface area contributed by atoms with Crippen molar-refractivity contribution < 1.29 is 0 Å². The molecule has 0 saturated carbocycles. The highest BCUT2D eigenvalue weighted by atomic mass is 79.9. The monoisotopic (exact) mass is 325 g/mol. The number of likely N-dealkylation sites (N-methyl/N-ethyl adjacent to an activating group) is 1. The third-order valence-electron chi connectivity index (χ3n) is 3.95. The van der Waals surface area contributed by atoms with Crippen LogP contribution in [-0.4, -0.2) is 56.1 Å². The SMILES string of the molecule is CN1CCC(N(C)CCNc2ccc(Br)cc2)CC1. The van der Waals surface area contributed by atoms with Gasteiger partial charge in [0.2, 0.25) is 0 Å². The van der Waals surface area contributed by atoms with E-state index in [4.69, 9.17) is 0 Å². The van der Waals surface area contributed by atoms with Gasteiger partial charge in [-0.3, -0.25) is 0 Å². The van der Waals surface area contributed by atoms with Crippen LogP contribution in [0.5, 0.6) is 0 Å². The van der Waals surface area contributed by atoms with E-state index in [9.17, 15) is 0 Å². The second-order valence-electron chi connectivity index (χ2n) is 5.45. The number of hydrogen-bond donors (Lipinski definition) is 1. The van der Waals surface area contributed by atoms with Crippen molar-refractivity contribution in [1.82, 2.24) is 9.80 Å². The number of hydrogen-bond acceptors (Lipinski definition) is 3. The number of rotatable bonds is 5. The van der Waals surface area contributed by atoms with Crippen molar-refractivity contribution in [3.8, 4) is 0 Å². The van der Waals surface area contributed by atoms with Crippen LogP contribution < -0.4 is 5.32 Å². The molecular formula is C15H24BrN3. The molecule has 0 aliphatic carbocycles. The van der Waals surface area contributed by atoms with Gasteiger partial charge in [-0.1, -0.05) is 15.9 Å². The third-order valence-corrected chi connectivity index (χ3v) is 4.48. The maximum atomic E-state index is 3.48. The predicted octanol–water partition coefficient (Wildman–Crippen LogP) is 2.89. The van der Waals surface area contributed by atoms with Crippen LogP contribution >= 0.6 is 15.9 Å². The van der Waals surface area contributed by atoms with E-state index in [2.05, 4.69) is 69.4 Å². The van der Waals surface area contributed by atoms with Gasteiger partial charge in [0.1, 0.15) is 0 Å². The van der Waals surface area contributed by atoms with Crippen LogP contribution in [0.4, 0.5) is 5.69 Å². The fraction of sp³-hybridized carbons (Fsp3) is 0.600. The highest BCUT2D eigenvalue weighted by Crippen LogP contribution is 2.15. The van der Waals surface area contributed by atoms with Gasteiger partial charge < -0.3 is 15.1 Å². The highest BCUT2D eigenvalue weighted by molar-refractivity contribution is 9.10. The van der Waals surface area contributed by atoms with Crippen LogP contribution in [-0.2, 0) is 0 Å². The Kier molecular flexibility index (Phi) is 5.67. The molecule has 0 radical (unpaired) electrons. The number of benzene rings is 1. The minimum atomic E-state index is 0.753. The fourth-order valence-electron chi connectivity index (χ4n) is 2.56. The van der Waals surface area contributed by atoms with Crippen molar-refractivity contribution in [2.75, 3.05) is 45.6 Å². The molecule has 1 saturated heterocycles. The molecule has 0 bridgehead atoms. The van der Waals surface area contributed by atoms with Crippen molar-refractivity contribution in [2.24, 2.45) is 0 Å². The Labute approximate surface area is 125 Å². The molecule has 1 aromatic carbocycles. The number of nitrogens with zero attached hydrogens (tertiary/aromatic N) is 2. The smallest absolute Gasteiger partial charge is 0.0341 e. The summed E-state index contributed by atoms with van der Waals surface area (Å²) in [5.41, 5.74) is 1.19. The Bertz CT molecular complexity index is 371. The Morgan fingerprint density at radius 3 is 2.53 bits per heavy atom. The summed E-state index contributed by atoms with van der Waals surface area (Å²) in [5.74, 6) is 0. The fourth-order valence-corrected chi connectivity index (χ4v) is 2.83. The molecule has 2 rings (SSSR count). The summed E-state index contributed by atoms with van der Waals surface area (Å²) in [6.45, 7) is 4.57. The first-order valence-corrected chi connectivity index (χ1v) is 7.82. The Morgan fingerprint density at radius 2 is 1.89 bits per heavy atom. The molecule has 106 valence electrons. The molecule has 1 aliphatic rings. The van der Waals surface area contributed by atoms with E-state index in [1.165, 1.54) is 31.6 Å². The summed E-state index contributed by atoms with van der Waals surface area (Å²) in [7, 11) is 4.46. The summed E-state index contributed by atoms with van der Waals surface area (Å²) >= 11 is 3.45. The van der Waals surface area contributed by atoms with Crippen molar-refractivity contribution in [3.05, 3.63) is 28.7 Å². The Hall–Kier alpha value is -0.580. The molecule has 0 unspecified atom stereocenters. The molecule has 0 atom stereocenters. The second-order valence-corrected chi connectivity index (χ2v) is 6.36. The maximum Gasteiger partial charge on any atom is 0.0341 e. The molecule has 19 heavy (non-hydrogen) atoms. The zero-order chi connectivity index (χ0) is 13.7. The van der Waals surface area contributed by atoms with E-state index >= 15 is 0 Å². The van der Waals surface area contributed by atoms with Crippen LogP contribution in [0.2, 0.25) is 0 Å². The number of nitrogens with one attached hydrogen (secondary N) is 1. The minimum Gasteiger partial charge on any atom is -0.384 e. The lowest BCUT2D eigenvalue weighted by Crippen LogP contribution is -2.43. The summed E-state index contributed by atoms with van der Waals surface area (Å²) < 4.78 is 1.13. The largest absolute Gasteiger partial charge is 0.384 e. The topological polar surface area (TPSA) is 18.5 Å². The molecule has 1 aliphatic heterocycles. The number of anilines is 1. The van der Waals surface area contributed by atoms with Gasteiger partial charge in [0.15, 0.2) is 0 Å². The third kappa shape index (κ3) is 4.79. The van der Waals surface area contributed by atoms with Gasteiger partial charge in [-0.05, 0) is 64.3 Å². The van der Waals surface area contributed by atoms with Gasteiger partial charge in [-0.25, -0.2) is 0 Å². The zero-order valence-electron chi connectivity index (χ0n) is 11.9. The first-order valence-electron chi connectivity index (χ1n) is 7.03. The predicted molar refractivity (Wildman–Crippen MR) is 85.8 cm³/mol. The summed E-state index contributed by atoms with van der Waals surface area (Å²) in [4.78, 5) is 4.92. The van der Waals surface area contributed by atoms with Crippen molar-refractivity contribution in [1.29, 1.82) is 0 Å². The van der Waals surface area contributed by atoms with E-state index in [1.807, 2.05) is 0 Å². The molecule has 1 N–H and O–H groups in total. The standard InChI is InChI=1S/C15H24BrN3/c1-18-10-7-15(8-11-18)19(2)12-9-17-14-5-3-13(16)4-6-14/h3-6,15,17H,7-12H2,1-2H3. The lowest BCUT2D eigenvalue weighted by molar-refractivity contribution is 0.148. The molecule has 3 nitrogen and oxygen atoms in total. The average Bonchev–Trinajstić information content (AvgIpc) is 2.41. The number of halogens is 1. The second kappa shape index (κ2) is 7.27. The van der Waals surface area contributed by atoms with Gasteiger partial charge in [0.25, 0.3) is 0 Å². The molecule has 1 heterocycles. The molecule has 1 fully saturated rings. The van der Waals surface area contributed by atoms with Gasteiger partial charge in [0.05, 0.1) is 0 Å². The minimum absolute atomic E-state index is 0.753. The molecule has 1 aromatic rings. The summed E-state index contributed by atoms with van der Waals surface area (Å²) in [6, 6.07) is 9.12. The maximum absolute atomic E-state index is 3.48. The van der Waals surface area contributed by atoms with E-state index < -0.39 is 0 Å². The molecular weight excluding hydrogens is 302 g/mol. The summed E-state index contributed by atoms with van der Waals surface area (Å²) in [5, 5.41) is 3.48. The van der Waals surface area contributed by atoms with Crippen LogP contribution in [0.1, 0.15) is 12.8 Å². The number of piperidine rings is 1. The van der Waals surface area contributed by atoms with Crippen molar-refractivity contribution >= 4 is 21.6 Å². The lowest BCUT2D eigenvalue weighted by atomic mass is 10.0. The van der Waals surface area contributed by atoms with Crippen molar-refractivity contribution in [3.63, 3.8) is 0 Å². The first-order chi connectivity index (χ1) is 9.15. The van der Waals surface area contributed by atoms with E-state index in [-0.39, 0.29) is 0 Å². The first kappa shape index (κ1) is 14.8. The van der Waals surface area contributed by atoms with Crippen molar-refractivity contribution in [2.45, 2.75) is 18.9 Å². The zero-order valence-corrected chi connectivity index (χ0v) is 13.5. The van der Waals surface area contributed by atoms with Gasteiger partial charge in [0, 0.05) is 29.3 Å². The average molecular weight is 326 g/mol. The lowest BCUT2D eigenvalue weighted by Gasteiger charge is -2.35. The Balaban J connectivity index is 1.69. The Morgan fingerprint density at radius 1 is 1.26 bits per heavy atom. The van der Waals surface area contributed by atoms with E-state index in [0.29, 0.717) is 0 Å². The van der Waals surface area contributed by atoms with Crippen LogP contribution in [0.25, 0.3) is 0 Å². The quantitative estimate of drug-likeness (QED) is 0.898. The molecule has 0 spiro atoms. The van der Waals surface area contributed by atoms with Gasteiger partial charge >= 0.3 is 0 Å². The number of likely N-dealkylation sites (tertiary alicyclic amines) is 1. The molecule has 4 heteroatoms. The molecule has 0 aromatic heterocycles. The summed E-state index contributed by atoms with van der Waals surface area (Å²) in [6.07, 6.45) is 2.59. The van der Waals surface area contributed by atoms with Crippen LogP contribution in [0.15, 0.2) is 28.7 Å². The molecule has 0 amide bonds. The normalized spacial score (nSPS) is 17.9. The van der Waals surface area contributed by atoms with E-state index in [1.54, 1.807) is 0 Å². The van der Waals surface area contributed by atoms with Gasteiger partial charge in [-0.15, -0.1) is 0 Å². The van der Waals surface area contributed by atoms with Crippen LogP contribution in [0, 0.1) is 0 Å². The highest BCUT2D eigenvalue weighted by Gasteiger charge is 2.19. The van der Waals surface area contributed by atoms with Gasteiger partial charge in [-0.2, -0.15) is 0 Å². The van der Waals surface area contributed by atoms with E-state index in [0.717, 1.165) is 23.6 Å².